The van der Waals surface area contributed by atoms with Crippen molar-refractivity contribution in [2.45, 2.75) is 44.7 Å². The van der Waals surface area contributed by atoms with E-state index in [9.17, 15) is 0 Å². The van der Waals surface area contributed by atoms with Gasteiger partial charge in [0.1, 0.15) is 5.76 Å². The molecule has 1 aliphatic heterocycles. The van der Waals surface area contributed by atoms with Crippen molar-refractivity contribution in [1.29, 1.82) is 0 Å². The van der Waals surface area contributed by atoms with Gasteiger partial charge in [-0.3, -0.25) is 0 Å². The van der Waals surface area contributed by atoms with E-state index in [1.807, 2.05) is 6.92 Å². The van der Waals surface area contributed by atoms with Crippen molar-refractivity contribution in [3.63, 3.8) is 0 Å². The molecule has 0 amide bonds. The highest BCUT2D eigenvalue weighted by atomic mass is 16.4. The monoisotopic (exact) mass is 209 g/mol. The molecule has 0 spiro atoms. The molecule has 0 saturated carbocycles. The standard InChI is InChI=1S/C11H19N3O/c1-8(12)5-10-7-14-11(15-10)6-9-3-2-4-13-9/h7-9,13H,2-6,12H2,1H3. The van der Waals surface area contributed by atoms with Crippen LogP contribution in [0.4, 0.5) is 0 Å². The number of aromatic nitrogens is 1. The Hall–Kier alpha value is -0.870. The quantitative estimate of drug-likeness (QED) is 0.772. The third kappa shape index (κ3) is 3.04. The summed E-state index contributed by atoms with van der Waals surface area (Å²) in [5.74, 6) is 1.74. The molecule has 15 heavy (non-hydrogen) atoms. The van der Waals surface area contributed by atoms with E-state index in [4.69, 9.17) is 10.2 Å². The maximum absolute atomic E-state index is 5.70. The molecule has 2 heterocycles. The smallest absolute Gasteiger partial charge is 0.195 e. The van der Waals surface area contributed by atoms with E-state index < -0.39 is 0 Å². The zero-order chi connectivity index (χ0) is 10.7. The summed E-state index contributed by atoms with van der Waals surface area (Å²) in [5.41, 5.74) is 5.70. The van der Waals surface area contributed by atoms with Gasteiger partial charge in [-0.2, -0.15) is 0 Å². The molecule has 4 heteroatoms. The maximum atomic E-state index is 5.70. The van der Waals surface area contributed by atoms with Crippen LogP contribution in [0.3, 0.4) is 0 Å². The van der Waals surface area contributed by atoms with E-state index in [1.165, 1.54) is 12.8 Å². The Morgan fingerprint density at radius 3 is 3.27 bits per heavy atom. The molecule has 84 valence electrons. The molecule has 1 fully saturated rings. The first-order valence-electron chi connectivity index (χ1n) is 5.66. The molecular weight excluding hydrogens is 190 g/mol. The second-order valence-corrected chi connectivity index (χ2v) is 4.40. The first-order valence-corrected chi connectivity index (χ1v) is 5.66. The van der Waals surface area contributed by atoms with Crippen LogP contribution in [0.15, 0.2) is 10.6 Å². The fraction of sp³-hybridized carbons (Fsp3) is 0.727. The maximum Gasteiger partial charge on any atom is 0.195 e. The number of rotatable bonds is 4. The molecule has 2 rings (SSSR count). The SMILES string of the molecule is CC(N)Cc1cnc(CC2CCCN2)o1. The van der Waals surface area contributed by atoms with Crippen LogP contribution in [0, 0.1) is 0 Å². The molecule has 1 aromatic rings. The van der Waals surface area contributed by atoms with E-state index in [1.54, 1.807) is 6.20 Å². The van der Waals surface area contributed by atoms with Gasteiger partial charge in [0.05, 0.1) is 6.20 Å². The van der Waals surface area contributed by atoms with Crippen LogP contribution in [0.25, 0.3) is 0 Å². The van der Waals surface area contributed by atoms with Gasteiger partial charge >= 0.3 is 0 Å². The summed E-state index contributed by atoms with van der Waals surface area (Å²) in [6.07, 6.45) is 5.96. The number of hydrogen-bond acceptors (Lipinski definition) is 4. The number of nitrogens with zero attached hydrogens (tertiary/aromatic N) is 1. The van der Waals surface area contributed by atoms with Crippen molar-refractivity contribution in [1.82, 2.24) is 10.3 Å². The summed E-state index contributed by atoms with van der Waals surface area (Å²) < 4.78 is 5.63. The lowest BCUT2D eigenvalue weighted by molar-refractivity contribution is 0.421. The Kier molecular flexibility index (Phi) is 3.38. The minimum atomic E-state index is 0.135. The van der Waals surface area contributed by atoms with Crippen molar-refractivity contribution in [3.05, 3.63) is 17.8 Å². The molecule has 0 aromatic carbocycles. The fourth-order valence-corrected chi connectivity index (χ4v) is 2.00. The van der Waals surface area contributed by atoms with E-state index in [2.05, 4.69) is 10.3 Å². The molecular formula is C11H19N3O. The lowest BCUT2D eigenvalue weighted by Crippen LogP contribution is -2.23. The fourth-order valence-electron chi connectivity index (χ4n) is 2.00. The Balaban J connectivity index is 1.88. The summed E-state index contributed by atoms with van der Waals surface area (Å²) in [5, 5.41) is 3.43. The molecule has 0 bridgehead atoms. The van der Waals surface area contributed by atoms with Gasteiger partial charge in [0.2, 0.25) is 0 Å². The highest BCUT2D eigenvalue weighted by molar-refractivity contribution is 4.98. The van der Waals surface area contributed by atoms with E-state index >= 15 is 0 Å². The molecule has 4 nitrogen and oxygen atoms in total. The molecule has 3 N–H and O–H groups in total. The summed E-state index contributed by atoms with van der Waals surface area (Å²) >= 11 is 0. The van der Waals surface area contributed by atoms with Gasteiger partial charge in [-0.05, 0) is 26.3 Å². The average Bonchev–Trinajstić information content (AvgIpc) is 2.77. The predicted molar refractivity (Wildman–Crippen MR) is 58.6 cm³/mol. The van der Waals surface area contributed by atoms with Crippen molar-refractivity contribution < 1.29 is 4.42 Å². The number of hydrogen-bond donors (Lipinski definition) is 2. The molecule has 0 radical (unpaired) electrons. The second kappa shape index (κ2) is 4.77. The van der Waals surface area contributed by atoms with Crippen LogP contribution in [0.1, 0.15) is 31.4 Å². The Morgan fingerprint density at radius 2 is 2.60 bits per heavy atom. The summed E-state index contributed by atoms with van der Waals surface area (Å²) in [4.78, 5) is 4.27. The van der Waals surface area contributed by atoms with E-state index in [0.717, 1.165) is 31.0 Å². The van der Waals surface area contributed by atoms with Crippen LogP contribution < -0.4 is 11.1 Å². The minimum Gasteiger partial charge on any atom is -0.446 e. The number of oxazole rings is 1. The molecule has 1 saturated heterocycles. The van der Waals surface area contributed by atoms with Crippen LogP contribution in [-0.4, -0.2) is 23.6 Å². The minimum absolute atomic E-state index is 0.135. The lowest BCUT2D eigenvalue weighted by Gasteiger charge is -2.05. The van der Waals surface area contributed by atoms with Crippen LogP contribution in [-0.2, 0) is 12.8 Å². The Morgan fingerprint density at radius 1 is 1.73 bits per heavy atom. The first kappa shape index (κ1) is 10.6. The van der Waals surface area contributed by atoms with Crippen LogP contribution >= 0.6 is 0 Å². The Labute approximate surface area is 90.2 Å². The molecule has 2 atom stereocenters. The highest BCUT2D eigenvalue weighted by Crippen LogP contribution is 2.13. The third-order valence-electron chi connectivity index (χ3n) is 2.71. The molecule has 1 aromatic heterocycles. The zero-order valence-corrected chi connectivity index (χ0v) is 9.20. The molecule has 0 aliphatic carbocycles. The third-order valence-corrected chi connectivity index (χ3v) is 2.71. The van der Waals surface area contributed by atoms with Crippen molar-refractivity contribution in [2.24, 2.45) is 5.73 Å². The first-order chi connectivity index (χ1) is 7.24. The topological polar surface area (TPSA) is 64.1 Å². The van der Waals surface area contributed by atoms with Gasteiger partial charge in [0.25, 0.3) is 0 Å². The van der Waals surface area contributed by atoms with Gasteiger partial charge in [-0.15, -0.1) is 0 Å². The van der Waals surface area contributed by atoms with Gasteiger partial charge in [-0.25, -0.2) is 4.98 Å². The Bertz CT molecular complexity index is 303. The van der Waals surface area contributed by atoms with Gasteiger partial charge in [0.15, 0.2) is 5.89 Å². The second-order valence-electron chi connectivity index (χ2n) is 4.40. The van der Waals surface area contributed by atoms with Gasteiger partial charge < -0.3 is 15.5 Å². The van der Waals surface area contributed by atoms with E-state index in [-0.39, 0.29) is 6.04 Å². The van der Waals surface area contributed by atoms with Crippen LogP contribution in [0.2, 0.25) is 0 Å². The zero-order valence-electron chi connectivity index (χ0n) is 9.20. The normalized spacial score (nSPS) is 23.2. The van der Waals surface area contributed by atoms with Crippen molar-refractivity contribution in [3.8, 4) is 0 Å². The largest absolute Gasteiger partial charge is 0.446 e. The average molecular weight is 209 g/mol. The summed E-state index contributed by atoms with van der Waals surface area (Å²) in [7, 11) is 0. The summed E-state index contributed by atoms with van der Waals surface area (Å²) in [6.45, 7) is 3.10. The lowest BCUT2D eigenvalue weighted by atomic mass is 10.2. The van der Waals surface area contributed by atoms with Gasteiger partial charge in [0, 0.05) is 24.9 Å². The highest BCUT2D eigenvalue weighted by Gasteiger charge is 2.17. The van der Waals surface area contributed by atoms with Crippen molar-refractivity contribution in [2.75, 3.05) is 6.54 Å². The predicted octanol–water partition coefficient (Wildman–Crippen LogP) is 0.859. The molecule has 1 aliphatic rings. The number of nitrogens with one attached hydrogen (secondary N) is 1. The van der Waals surface area contributed by atoms with Crippen LogP contribution in [0.5, 0.6) is 0 Å². The molecule has 2 unspecified atom stereocenters. The van der Waals surface area contributed by atoms with Gasteiger partial charge in [-0.1, -0.05) is 0 Å². The number of nitrogens with two attached hydrogens (primary N) is 1. The summed E-state index contributed by atoms with van der Waals surface area (Å²) in [6, 6.07) is 0.683. The van der Waals surface area contributed by atoms with E-state index in [0.29, 0.717) is 6.04 Å². The van der Waals surface area contributed by atoms with Crippen molar-refractivity contribution >= 4 is 0 Å².